The van der Waals surface area contributed by atoms with Crippen LogP contribution in [0.2, 0.25) is 0 Å². The summed E-state index contributed by atoms with van der Waals surface area (Å²) < 4.78 is 31.4. The van der Waals surface area contributed by atoms with Crippen molar-refractivity contribution >= 4 is 17.0 Å². The molecule has 1 aromatic carbocycles. The van der Waals surface area contributed by atoms with Crippen LogP contribution in [0.15, 0.2) is 35.5 Å². The number of rotatable bonds is 7. The Morgan fingerprint density at radius 2 is 1.82 bits per heavy atom. The van der Waals surface area contributed by atoms with E-state index in [0.717, 1.165) is 75.3 Å². The first-order chi connectivity index (χ1) is 18.5. The number of nitrogens with one attached hydrogen (secondary N) is 1. The Morgan fingerprint density at radius 3 is 2.55 bits per heavy atom. The van der Waals surface area contributed by atoms with Crippen LogP contribution in [0.3, 0.4) is 0 Å². The van der Waals surface area contributed by atoms with Crippen LogP contribution in [0.1, 0.15) is 44.3 Å². The summed E-state index contributed by atoms with van der Waals surface area (Å²) in [6.07, 6.45) is 7.68. The van der Waals surface area contributed by atoms with Gasteiger partial charge in [-0.3, -0.25) is 9.55 Å². The summed E-state index contributed by atoms with van der Waals surface area (Å²) in [6.45, 7) is 7.99. The Bertz CT molecular complexity index is 1490. The summed E-state index contributed by atoms with van der Waals surface area (Å²) in [7, 11) is 0. The fourth-order valence-electron chi connectivity index (χ4n) is 5.85. The second kappa shape index (κ2) is 10.3. The van der Waals surface area contributed by atoms with Crippen LogP contribution >= 0.6 is 0 Å². The van der Waals surface area contributed by atoms with Crippen LogP contribution in [-0.4, -0.2) is 66.7 Å². The van der Waals surface area contributed by atoms with E-state index < -0.39 is 11.6 Å². The molecule has 38 heavy (non-hydrogen) atoms. The van der Waals surface area contributed by atoms with Gasteiger partial charge in [0, 0.05) is 50.4 Å². The third-order valence-corrected chi connectivity index (χ3v) is 7.90. The van der Waals surface area contributed by atoms with Gasteiger partial charge in [-0.2, -0.15) is 0 Å². The third-order valence-electron chi connectivity index (χ3n) is 7.90. The van der Waals surface area contributed by atoms with E-state index in [1.54, 1.807) is 10.6 Å². The zero-order chi connectivity index (χ0) is 26.2. The molecular formula is C27H32F2N8O. The lowest BCUT2D eigenvalue weighted by molar-refractivity contribution is 0.317. The van der Waals surface area contributed by atoms with Crippen molar-refractivity contribution in [3.05, 3.63) is 58.7 Å². The zero-order valence-electron chi connectivity index (χ0n) is 21.5. The van der Waals surface area contributed by atoms with Gasteiger partial charge in [-0.1, -0.05) is 0 Å². The van der Waals surface area contributed by atoms with E-state index in [0.29, 0.717) is 23.4 Å². The van der Waals surface area contributed by atoms with Gasteiger partial charge >= 0.3 is 5.69 Å². The Labute approximate surface area is 219 Å². The first kappa shape index (κ1) is 24.7. The molecule has 4 aromatic rings. The molecule has 5 heterocycles. The van der Waals surface area contributed by atoms with Crippen LogP contribution in [0, 0.1) is 11.6 Å². The van der Waals surface area contributed by atoms with Crippen LogP contribution in [0.25, 0.3) is 22.4 Å². The highest BCUT2D eigenvalue weighted by atomic mass is 19.2. The molecule has 0 radical (unpaired) electrons. The van der Waals surface area contributed by atoms with Crippen molar-refractivity contribution in [2.75, 3.05) is 37.6 Å². The third kappa shape index (κ3) is 4.59. The quantitative estimate of drug-likeness (QED) is 0.398. The van der Waals surface area contributed by atoms with Crippen molar-refractivity contribution in [2.24, 2.45) is 0 Å². The van der Waals surface area contributed by atoms with Crippen LogP contribution in [0.5, 0.6) is 0 Å². The fraction of sp³-hybridized carbons (Fsp3) is 0.481. The topological polar surface area (TPSA) is 87.9 Å². The summed E-state index contributed by atoms with van der Waals surface area (Å²) in [5, 5.41) is 0. The maximum atomic E-state index is 14.0. The first-order valence-corrected chi connectivity index (χ1v) is 13.4. The number of aromatic amines is 1. The van der Waals surface area contributed by atoms with E-state index in [1.165, 1.54) is 25.2 Å². The number of fused-ring (bicyclic) bond motifs is 1. The molecule has 1 N–H and O–H groups in total. The summed E-state index contributed by atoms with van der Waals surface area (Å²) in [4.78, 5) is 33.6. The van der Waals surface area contributed by atoms with Gasteiger partial charge in [-0.15, -0.1) is 0 Å². The number of halogens is 2. The number of likely N-dealkylation sites (tertiary alicyclic amines) is 1. The van der Waals surface area contributed by atoms with Gasteiger partial charge in [0.25, 0.3) is 0 Å². The lowest BCUT2D eigenvalue weighted by Gasteiger charge is -2.33. The predicted octanol–water partition coefficient (Wildman–Crippen LogP) is 3.76. The molecule has 3 aromatic heterocycles. The van der Waals surface area contributed by atoms with E-state index in [1.807, 2.05) is 13.1 Å². The maximum absolute atomic E-state index is 14.0. The molecule has 0 aliphatic carbocycles. The number of H-pyrrole nitrogens is 1. The highest BCUT2D eigenvalue weighted by Gasteiger charge is 2.28. The van der Waals surface area contributed by atoms with Crippen LogP contribution < -0.4 is 10.6 Å². The average Bonchev–Trinajstić information content (AvgIpc) is 3.67. The summed E-state index contributed by atoms with van der Waals surface area (Å²) in [6, 6.07) is 3.97. The fourth-order valence-corrected chi connectivity index (χ4v) is 5.85. The number of hydrogen-bond donors (Lipinski definition) is 1. The van der Waals surface area contributed by atoms with E-state index >= 15 is 0 Å². The number of imidazole rings is 2. The Morgan fingerprint density at radius 1 is 1.03 bits per heavy atom. The Balaban J connectivity index is 1.26. The van der Waals surface area contributed by atoms with Crippen LogP contribution in [0.4, 0.5) is 14.6 Å². The van der Waals surface area contributed by atoms with Crippen molar-refractivity contribution in [3.8, 4) is 11.3 Å². The highest BCUT2D eigenvalue weighted by molar-refractivity contribution is 5.83. The van der Waals surface area contributed by atoms with Gasteiger partial charge in [0.15, 0.2) is 23.1 Å². The molecule has 2 fully saturated rings. The van der Waals surface area contributed by atoms with Crippen molar-refractivity contribution in [3.63, 3.8) is 0 Å². The van der Waals surface area contributed by atoms with Gasteiger partial charge in [0.2, 0.25) is 0 Å². The molecule has 2 saturated heterocycles. The maximum Gasteiger partial charge on any atom is 0.327 e. The van der Waals surface area contributed by atoms with Crippen molar-refractivity contribution in [2.45, 2.75) is 51.6 Å². The number of aryl methyl sites for hydroxylation is 1. The van der Waals surface area contributed by atoms with Gasteiger partial charge in [0.1, 0.15) is 17.7 Å². The zero-order valence-corrected chi connectivity index (χ0v) is 21.5. The molecule has 11 heteroatoms. The minimum absolute atomic E-state index is 0.177. The number of hydrogen-bond acceptors (Lipinski definition) is 6. The summed E-state index contributed by atoms with van der Waals surface area (Å²) in [5.41, 5.74) is 2.36. The molecule has 2 aliphatic rings. The Hall–Kier alpha value is -3.60. The molecule has 0 bridgehead atoms. The molecule has 200 valence electrons. The van der Waals surface area contributed by atoms with Crippen molar-refractivity contribution in [1.29, 1.82) is 0 Å². The SMILES string of the molecule is CCn1c(=O)[nH]c2ncnc(N3CCC(c4nc(-c5ccc(F)c(F)c5)cn4CCN4CCCC4)CC3)c21. The molecule has 9 nitrogen and oxygen atoms in total. The van der Waals surface area contributed by atoms with E-state index in [4.69, 9.17) is 4.98 Å². The standard InChI is InChI=1S/C27H32F2N8O/c1-2-37-23-24(33-27(37)38)30-17-31-26(23)35-11-7-18(8-12-35)25-32-22(19-5-6-20(28)21(29)15-19)16-36(25)14-13-34-9-3-4-10-34/h5-6,15-18H,2-4,7-14H2,1H3,(H,30,31,33,38). The molecule has 0 unspecified atom stereocenters. The first-order valence-electron chi connectivity index (χ1n) is 13.4. The minimum atomic E-state index is -0.865. The summed E-state index contributed by atoms with van der Waals surface area (Å²) in [5.74, 6) is 0.262. The Kier molecular flexibility index (Phi) is 6.69. The van der Waals surface area contributed by atoms with E-state index in [9.17, 15) is 13.6 Å². The highest BCUT2D eigenvalue weighted by Crippen LogP contribution is 2.33. The molecule has 0 atom stereocenters. The van der Waals surface area contributed by atoms with E-state index in [-0.39, 0.29) is 11.6 Å². The molecular weight excluding hydrogens is 490 g/mol. The smallest absolute Gasteiger partial charge is 0.327 e. The largest absolute Gasteiger partial charge is 0.355 e. The lowest BCUT2D eigenvalue weighted by Crippen LogP contribution is -2.35. The average molecular weight is 523 g/mol. The second-order valence-electron chi connectivity index (χ2n) is 10.2. The lowest BCUT2D eigenvalue weighted by atomic mass is 9.95. The van der Waals surface area contributed by atoms with Crippen molar-refractivity contribution < 1.29 is 8.78 Å². The van der Waals surface area contributed by atoms with Crippen molar-refractivity contribution in [1.82, 2.24) is 34.0 Å². The molecule has 6 rings (SSSR count). The van der Waals surface area contributed by atoms with E-state index in [2.05, 4.69) is 29.3 Å². The van der Waals surface area contributed by atoms with Gasteiger partial charge in [-0.05, 0) is 63.9 Å². The number of anilines is 1. The number of nitrogens with zero attached hydrogens (tertiary/aromatic N) is 7. The molecule has 0 spiro atoms. The number of aromatic nitrogens is 6. The van der Waals surface area contributed by atoms with Gasteiger partial charge in [0.05, 0.1) is 5.69 Å². The monoisotopic (exact) mass is 522 g/mol. The molecule has 2 aliphatic heterocycles. The van der Waals surface area contributed by atoms with Gasteiger partial charge in [-0.25, -0.2) is 28.5 Å². The number of benzene rings is 1. The molecule has 0 amide bonds. The second-order valence-corrected chi connectivity index (χ2v) is 10.2. The van der Waals surface area contributed by atoms with Gasteiger partial charge < -0.3 is 14.4 Å². The minimum Gasteiger partial charge on any atom is -0.355 e. The van der Waals surface area contributed by atoms with Crippen LogP contribution in [-0.2, 0) is 13.1 Å². The normalized spacial score (nSPS) is 17.2. The summed E-state index contributed by atoms with van der Waals surface area (Å²) >= 11 is 0. The molecule has 0 saturated carbocycles. The number of piperidine rings is 1. The predicted molar refractivity (Wildman–Crippen MR) is 141 cm³/mol.